The van der Waals surface area contributed by atoms with Gasteiger partial charge in [-0.25, -0.2) is 4.39 Å². The lowest BCUT2D eigenvalue weighted by Crippen LogP contribution is -2.45. The molecule has 108 valence electrons. The fourth-order valence-electron chi connectivity index (χ4n) is 2.36. The molecule has 20 heavy (non-hydrogen) atoms. The van der Waals surface area contributed by atoms with E-state index in [2.05, 4.69) is 10.6 Å². The normalized spacial score (nSPS) is 18.6. The summed E-state index contributed by atoms with van der Waals surface area (Å²) in [5.41, 5.74) is 0. The Morgan fingerprint density at radius 2 is 2.25 bits per heavy atom. The largest absolute Gasteiger partial charge is 0.347 e. The molecule has 3 nitrogen and oxygen atoms in total. The molecule has 1 aromatic heterocycles. The van der Waals surface area contributed by atoms with Crippen molar-refractivity contribution < 1.29 is 9.18 Å². The van der Waals surface area contributed by atoms with E-state index < -0.39 is 0 Å². The molecule has 2 aromatic rings. The van der Waals surface area contributed by atoms with Crippen molar-refractivity contribution in [3.05, 3.63) is 35.0 Å². The quantitative estimate of drug-likeness (QED) is 0.895. The van der Waals surface area contributed by atoms with Crippen molar-refractivity contribution >= 4 is 39.7 Å². The maximum atomic E-state index is 13.1. The zero-order valence-electron chi connectivity index (χ0n) is 10.8. The van der Waals surface area contributed by atoms with Gasteiger partial charge >= 0.3 is 0 Å². The van der Waals surface area contributed by atoms with Gasteiger partial charge in [-0.15, -0.1) is 23.7 Å². The highest BCUT2D eigenvalue weighted by atomic mass is 35.5. The van der Waals surface area contributed by atoms with Gasteiger partial charge in [0, 0.05) is 17.3 Å². The van der Waals surface area contributed by atoms with Gasteiger partial charge in [0.2, 0.25) is 0 Å². The van der Waals surface area contributed by atoms with Crippen LogP contribution in [0.25, 0.3) is 10.1 Å². The monoisotopic (exact) mass is 314 g/mol. The van der Waals surface area contributed by atoms with Crippen LogP contribution in [0, 0.1) is 5.82 Å². The summed E-state index contributed by atoms with van der Waals surface area (Å²) >= 11 is 1.40. The summed E-state index contributed by atoms with van der Waals surface area (Å²) in [6, 6.07) is 6.56. The summed E-state index contributed by atoms with van der Waals surface area (Å²) < 4.78 is 14.1. The minimum atomic E-state index is -0.270. The van der Waals surface area contributed by atoms with Gasteiger partial charge < -0.3 is 10.6 Å². The van der Waals surface area contributed by atoms with E-state index in [1.807, 2.05) is 0 Å². The van der Waals surface area contributed by atoms with Crippen molar-refractivity contribution in [2.45, 2.75) is 18.9 Å². The predicted molar refractivity (Wildman–Crippen MR) is 82.4 cm³/mol. The summed E-state index contributed by atoms with van der Waals surface area (Å²) in [5, 5.41) is 7.08. The number of fused-ring (bicyclic) bond motifs is 1. The third-order valence-corrected chi connectivity index (χ3v) is 4.45. The lowest BCUT2D eigenvalue weighted by molar-refractivity contribution is 0.0935. The van der Waals surface area contributed by atoms with Gasteiger partial charge in [-0.3, -0.25) is 4.79 Å². The molecule has 0 aliphatic carbocycles. The van der Waals surface area contributed by atoms with Crippen molar-refractivity contribution in [3.63, 3.8) is 0 Å². The Kier molecular flexibility index (Phi) is 4.96. The highest BCUT2D eigenvalue weighted by Gasteiger charge is 2.17. The fraction of sp³-hybridized carbons (Fsp3) is 0.357. The third kappa shape index (κ3) is 3.29. The molecule has 3 rings (SSSR count). The summed E-state index contributed by atoms with van der Waals surface area (Å²) in [4.78, 5) is 12.8. The van der Waals surface area contributed by atoms with E-state index in [-0.39, 0.29) is 30.2 Å². The Bertz CT molecular complexity index is 610. The van der Waals surface area contributed by atoms with E-state index >= 15 is 0 Å². The van der Waals surface area contributed by atoms with Gasteiger partial charge in [-0.1, -0.05) is 0 Å². The van der Waals surface area contributed by atoms with E-state index in [0.29, 0.717) is 4.88 Å². The first-order valence-corrected chi connectivity index (χ1v) is 7.25. The summed E-state index contributed by atoms with van der Waals surface area (Å²) in [6.07, 6.45) is 2.10. The second kappa shape index (κ2) is 6.52. The highest BCUT2D eigenvalue weighted by Crippen LogP contribution is 2.26. The van der Waals surface area contributed by atoms with Gasteiger partial charge in [0.05, 0.1) is 4.88 Å². The number of halogens is 2. The molecule has 0 bridgehead atoms. The molecule has 2 N–H and O–H groups in total. The molecule has 1 saturated heterocycles. The lowest BCUT2D eigenvalue weighted by atomic mass is 10.1. The standard InChI is InChI=1S/C14H15FN2OS.ClH/c15-10-3-4-12-9(6-10)7-13(19-12)14(18)17-11-2-1-5-16-8-11;/h3-4,6-7,11,16H,1-2,5,8H2,(H,17,18);1H/t11-;/m0./s1. The van der Waals surface area contributed by atoms with Crippen LogP contribution >= 0.6 is 23.7 Å². The van der Waals surface area contributed by atoms with Gasteiger partial charge in [-0.2, -0.15) is 0 Å². The maximum Gasteiger partial charge on any atom is 0.261 e. The second-order valence-corrected chi connectivity index (χ2v) is 5.89. The van der Waals surface area contributed by atoms with Crippen molar-refractivity contribution in [1.29, 1.82) is 0 Å². The molecule has 1 amide bonds. The summed E-state index contributed by atoms with van der Waals surface area (Å²) in [5.74, 6) is -0.330. The SMILES string of the molecule is Cl.O=C(N[C@H]1CCCNC1)c1cc2cc(F)ccc2s1. The number of carbonyl (C=O) groups excluding carboxylic acids is 1. The highest BCUT2D eigenvalue weighted by molar-refractivity contribution is 7.20. The Labute approximate surface area is 127 Å². The van der Waals surface area contributed by atoms with Crippen LogP contribution in [0.4, 0.5) is 4.39 Å². The van der Waals surface area contributed by atoms with Gasteiger partial charge in [0.25, 0.3) is 5.91 Å². The van der Waals surface area contributed by atoms with Crippen LogP contribution in [-0.2, 0) is 0 Å². The molecule has 1 atom stereocenters. The number of piperidine rings is 1. The Hall–Kier alpha value is -1.17. The zero-order chi connectivity index (χ0) is 13.2. The van der Waals surface area contributed by atoms with Crippen LogP contribution in [0.5, 0.6) is 0 Å². The van der Waals surface area contributed by atoms with Crippen molar-refractivity contribution in [2.75, 3.05) is 13.1 Å². The first-order valence-electron chi connectivity index (χ1n) is 6.43. The van der Waals surface area contributed by atoms with Gasteiger partial charge in [0.1, 0.15) is 5.82 Å². The van der Waals surface area contributed by atoms with Gasteiger partial charge in [-0.05, 0) is 49.0 Å². The Morgan fingerprint density at radius 1 is 1.40 bits per heavy atom. The van der Waals surface area contributed by atoms with Crippen LogP contribution in [-0.4, -0.2) is 25.0 Å². The predicted octanol–water partition coefficient (Wildman–Crippen LogP) is 2.94. The molecule has 0 saturated carbocycles. The average molecular weight is 315 g/mol. The number of rotatable bonds is 2. The van der Waals surface area contributed by atoms with E-state index in [1.165, 1.54) is 23.5 Å². The Balaban J connectivity index is 0.00000147. The smallest absolute Gasteiger partial charge is 0.261 e. The van der Waals surface area contributed by atoms with Crippen LogP contribution < -0.4 is 10.6 Å². The molecule has 1 fully saturated rings. The molecule has 1 aliphatic rings. The average Bonchev–Trinajstić information content (AvgIpc) is 2.83. The number of benzene rings is 1. The van der Waals surface area contributed by atoms with Crippen LogP contribution in [0.1, 0.15) is 22.5 Å². The summed E-state index contributed by atoms with van der Waals surface area (Å²) in [7, 11) is 0. The van der Waals surface area contributed by atoms with Crippen LogP contribution in [0.15, 0.2) is 24.3 Å². The van der Waals surface area contributed by atoms with Crippen molar-refractivity contribution in [3.8, 4) is 0 Å². The molecule has 0 spiro atoms. The number of nitrogens with one attached hydrogen (secondary N) is 2. The number of amides is 1. The van der Waals surface area contributed by atoms with Crippen molar-refractivity contribution in [2.24, 2.45) is 0 Å². The zero-order valence-corrected chi connectivity index (χ0v) is 12.5. The molecule has 0 radical (unpaired) electrons. The third-order valence-electron chi connectivity index (χ3n) is 3.33. The van der Waals surface area contributed by atoms with E-state index in [1.54, 1.807) is 12.1 Å². The van der Waals surface area contributed by atoms with E-state index in [4.69, 9.17) is 0 Å². The molecular weight excluding hydrogens is 299 g/mol. The second-order valence-electron chi connectivity index (χ2n) is 4.81. The number of carbonyl (C=O) groups is 1. The minimum absolute atomic E-state index is 0. The summed E-state index contributed by atoms with van der Waals surface area (Å²) in [6.45, 7) is 1.85. The first kappa shape index (κ1) is 15.2. The number of hydrogen-bond donors (Lipinski definition) is 2. The van der Waals surface area contributed by atoms with Crippen LogP contribution in [0.3, 0.4) is 0 Å². The molecular formula is C14H16ClFN2OS. The maximum absolute atomic E-state index is 13.1. The molecule has 6 heteroatoms. The number of hydrogen-bond acceptors (Lipinski definition) is 3. The molecule has 1 aromatic carbocycles. The minimum Gasteiger partial charge on any atom is -0.347 e. The van der Waals surface area contributed by atoms with Crippen molar-refractivity contribution in [1.82, 2.24) is 10.6 Å². The molecule has 1 aliphatic heterocycles. The van der Waals surface area contributed by atoms with E-state index in [9.17, 15) is 9.18 Å². The van der Waals surface area contributed by atoms with Gasteiger partial charge in [0.15, 0.2) is 0 Å². The molecule has 2 heterocycles. The lowest BCUT2D eigenvalue weighted by Gasteiger charge is -2.23. The first-order chi connectivity index (χ1) is 9.22. The van der Waals surface area contributed by atoms with E-state index in [0.717, 1.165) is 36.0 Å². The van der Waals surface area contributed by atoms with Crippen LogP contribution in [0.2, 0.25) is 0 Å². The Morgan fingerprint density at radius 3 is 3.00 bits per heavy atom. The topological polar surface area (TPSA) is 41.1 Å². The molecule has 0 unspecified atom stereocenters. The fourth-order valence-corrected chi connectivity index (χ4v) is 3.30. The number of thiophene rings is 1.